The summed E-state index contributed by atoms with van der Waals surface area (Å²) in [6.07, 6.45) is 4.06. The van der Waals surface area contributed by atoms with Crippen molar-refractivity contribution in [2.45, 2.75) is 13.5 Å². The van der Waals surface area contributed by atoms with Gasteiger partial charge >= 0.3 is 5.69 Å². The van der Waals surface area contributed by atoms with Gasteiger partial charge in [0.1, 0.15) is 12.4 Å². The van der Waals surface area contributed by atoms with Crippen LogP contribution >= 0.6 is 11.3 Å². The highest BCUT2D eigenvalue weighted by Crippen LogP contribution is 2.14. The molecule has 0 aliphatic heterocycles. The van der Waals surface area contributed by atoms with Gasteiger partial charge < -0.3 is 5.32 Å². The SMILES string of the molecule is CC(Cn1cc([N+](=O)[O-])cn1)C(=O)Nc1nccs1. The van der Waals surface area contributed by atoms with Crippen LogP contribution in [0.2, 0.25) is 0 Å². The molecular weight excluding hydrogens is 270 g/mol. The first-order chi connectivity index (χ1) is 9.06. The number of carbonyl (C=O) groups is 1. The van der Waals surface area contributed by atoms with Crippen molar-refractivity contribution in [1.29, 1.82) is 0 Å². The van der Waals surface area contributed by atoms with Crippen molar-refractivity contribution in [1.82, 2.24) is 14.8 Å². The number of carbonyl (C=O) groups excluding carboxylic acids is 1. The first kappa shape index (κ1) is 13.1. The second-order valence-electron chi connectivity index (χ2n) is 3.91. The largest absolute Gasteiger partial charge is 0.306 e. The molecule has 0 aliphatic carbocycles. The molecule has 19 heavy (non-hydrogen) atoms. The minimum Gasteiger partial charge on any atom is -0.302 e. The molecule has 0 spiro atoms. The summed E-state index contributed by atoms with van der Waals surface area (Å²) in [7, 11) is 0. The number of anilines is 1. The molecular formula is C10H11N5O3S. The van der Waals surface area contributed by atoms with E-state index in [9.17, 15) is 14.9 Å². The van der Waals surface area contributed by atoms with E-state index in [-0.39, 0.29) is 24.1 Å². The molecule has 0 radical (unpaired) electrons. The van der Waals surface area contributed by atoms with Gasteiger partial charge in [0.25, 0.3) is 0 Å². The molecule has 0 aromatic carbocycles. The molecule has 0 saturated carbocycles. The average Bonchev–Trinajstić information content (AvgIpc) is 2.99. The van der Waals surface area contributed by atoms with E-state index in [2.05, 4.69) is 15.4 Å². The van der Waals surface area contributed by atoms with Gasteiger partial charge in [-0.1, -0.05) is 6.92 Å². The molecule has 1 unspecified atom stereocenters. The normalized spacial score (nSPS) is 12.1. The lowest BCUT2D eigenvalue weighted by Crippen LogP contribution is -2.24. The van der Waals surface area contributed by atoms with Crippen molar-refractivity contribution in [2.75, 3.05) is 5.32 Å². The molecule has 1 atom stereocenters. The lowest BCUT2D eigenvalue weighted by molar-refractivity contribution is -0.385. The molecule has 0 fully saturated rings. The van der Waals surface area contributed by atoms with Crippen molar-refractivity contribution in [2.24, 2.45) is 5.92 Å². The zero-order valence-electron chi connectivity index (χ0n) is 10.0. The monoisotopic (exact) mass is 281 g/mol. The first-order valence-electron chi connectivity index (χ1n) is 5.43. The van der Waals surface area contributed by atoms with Crippen LogP contribution in [-0.4, -0.2) is 25.6 Å². The van der Waals surface area contributed by atoms with Crippen LogP contribution in [0, 0.1) is 16.0 Å². The minimum absolute atomic E-state index is 0.0902. The van der Waals surface area contributed by atoms with Crippen LogP contribution in [0.5, 0.6) is 0 Å². The quantitative estimate of drug-likeness (QED) is 0.661. The fourth-order valence-electron chi connectivity index (χ4n) is 1.42. The third-order valence-electron chi connectivity index (χ3n) is 2.40. The van der Waals surface area contributed by atoms with Crippen LogP contribution < -0.4 is 5.32 Å². The highest BCUT2D eigenvalue weighted by molar-refractivity contribution is 7.13. The Morgan fingerprint density at radius 3 is 3.05 bits per heavy atom. The van der Waals surface area contributed by atoms with E-state index in [0.717, 1.165) is 6.20 Å². The third-order valence-corrected chi connectivity index (χ3v) is 3.09. The Morgan fingerprint density at radius 2 is 2.47 bits per heavy atom. The molecule has 2 heterocycles. The van der Waals surface area contributed by atoms with E-state index in [1.54, 1.807) is 18.5 Å². The first-order valence-corrected chi connectivity index (χ1v) is 6.31. The average molecular weight is 281 g/mol. The summed E-state index contributed by atoms with van der Waals surface area (Å²) in [4.78, 5) is 25.8. The number of hydrogen-bond donors (Lipinski definition) is 1. The molecule has 1 N–H and O–H groups in total. The van der Waals surface area contributed by atoms with Crippen LogP contribution in [0.25, 0.3) is 0 Å². The summed E-state index contributed by atoms with van der Waals surface area (Å²) in [5.74, 6) is -0.573. The van der Waals surface area contributed by atoms with E-state index in [0.29, 0.717) is 5.13 Å². The van der Waals surface area contributed by atoms with Gasteiger partial charge in [-0.2, -0.15) is 5.10 Å². The fraction of sp³-hybridized carbons (Fsp3) is 0.300. The molecule has 2 aromatic rings. The van der Waals surface area contributed by atoms with Gasteiger partial charge in [-0.25, -0.2) is 4.98 Å². The number of nitro groups is 1. The van der Waals surface area contributed by atoms with Crippen molar-refractivity contribution >= 4 is 28.1 Å². The third kappa shape index (κ3) is 3.35. The van der Waals surface area contributed by atoms with E-state index >= 15 is 0 Å². The number of aromatic nitrogens is 3. The van der Waals surface area contributed by atoms with Gasteiger partial charge in [0, 0.05) is 11.6 Å². The van der Waals surface area contributed by atoms with Crippen molar-refractivity contribution in [3.8, 4) is 0 Å². The van der Waals surface area contributed by atoms with Crippen LogP contribution in [0.15, 0.2) is 24.0 Å². The van der Waals surface area contributed by atoms with E-state index in [1.807, 2.05) is 0 Å². The summed E-state index contributed by atoms with van der Waals surface area (Å²) >= 11 is 1.33. The highest BCUT2D eigenvalue weighted by Gasteiger charge is 2.17. The Kier molecular flexibility index (Phi) is 3.85. The van der Waals surface area contributed by atoms with Gasteiger partial charge in [-0.05, 0) is 0 Å². The Bertz CT molecular complexity index is 580. The molecule has 8 nitrogen and oxygen atoms in total. The number of nitrogens with zero attached hydrogens (tertiary/aromatic N) is 4. The van der Waals surface area contributed by atoms with Gasteiger partial charge in [-0.3, -0.25) is 19.6 Å². The molecule has 9 heteroatoms. The van der Waals surface area contributed by atoms with E-state index in [4.69, 9.17) is 0 Å². The van der Waals surface area contributed by atoms with E-state index < -0.39 is 4.92 Å². The van der Waals surface area contributed by atoms with Crippen molar-refractivity contribution in [3.63, 3.8) is 0 Å². The number of hydrogen-bond acceptors (Lipinski definition) is 6. The molecule has 0 aliphatic rings. The maximum absolute atomic E-state index is 11.8. The smallest absolute Gasteiger partial charge is 0.302 e. The summed E-state index contributed by atoms with van der Waals surface area (Å²) < 4.78 is 1.38. The minimum atomic E-state index is -0.524. The molecule has 0 saturated heterocycles. The number of amides is 1. The molecule has 2 rings (SSSR count). The lowest BCUT2D eigenvalue weighted by Gasteiger charge is -2.10. The van der Waals surface area contributed by atoms with Crippen molar-refractivity contribution < 1.29 is 9.72 Å². The van der Waals surface area contributed by atoms with Crippen LogP contribution in [0.4, 0.5) is 10.8 Å². The molecule has 2 aromatic heterocycles. The fourth-order valence-corrected chi connectivity index (χ4v) is 1.96. The molecule has 100 valence electrons. The molecule has 0 bridgehead atoms. The predicted molar refractivity (Wildman–Crippen MR) is 68.8 cm³/mol. The van der Waals surface area contributed by atoms with Gasteiger partial charge in [0.05, 0.1) is 17.4 Å². The van der Waals surface area contributed by atoms with Gasteiger partial charge in [0.15, 0.2) is 5.13 Å². The Labute approximate surface area is 112 Å². The maximum atomic E-state index is 11.8. The Hall–Kier alpha value is -2.29. The summed E-state index contributed by atoms with van der Waals surface area (Å²) in [5, 5.41) is 19.3. The topological polar surface area (TPSA) is 103 Å². The standard InChI is InChI=1S/C10H11N5O3S/c1-7(9(16)13-10-11-2-3-19-10)5-14-6-8(4-12-14)15(17)18/h2-4,6-7H,5H2,1H3,(H,11,13,16). The van der Waals surface area contributed by atoms with Crippen LogP contribution in [-0.2, 0) is 11.3 Å². The summed E-state index contributed by atoms with van der Waals surface area (Å²) in [6.45, 7) is 1.99. The van der Waals surface area contributed by atoms with E-state index in [1.165, 1.54) is 22.2 Å². The number of thiazole rings is 1. The maximum Gasteiger partial charge on any atom is 0.306 e. The van der Waals surface area contributed by atoms with Gasteiger partial charge in [0.2, 0.25) is 5.91 Å². The molecule has 1 amide bonds. The highest BCUT2D eigenvalue weighted by atomic mass is 32.1. The number of nitrogens with one attached hydrogen (secondary N) is 1. The lowest BCUT2D eigenvalue weighted by atomic mass is 10.1. The summed E-state index contributed by atoms with van der Waals surface area (Å²) in [6, 6.07) is 0. The Balaban J connectivity index is 1.94. The zero-order chi connectivity index (χ0) is 13.8. The van der Waals surface area contributed by atoms with Gasteiger partial charge in [-0.15, -0.1) is 11.3 Å². The number of rotatable bonds is 5. The predicted octanol–water partition coefficient (Wildman–Crippen LogP) is 1.52. The second-order valence-corrected chi connectivity index (χ2v) is 4.80. The zero-order valence-corrected chi connectivity index (χ0v) is 10.8. The van der Waals surface area contributed by atoms with Crippen molar-refractivity contribution in [3.05, 3.63) is 34.1 Å². The second kappa shape index (κ2) is 5.57. The van der Waals surface area contributed by atoms with Crippen LogP contribution in [0.3, 0.4) is 0 Å². The van der Waals surface area contributed by atoms with Crippen LogP contribution in [0.1, 0.15) is 6.92 Å². The Morgan fingerprint density at radius 1 is 1.68 bits per heavy atom. The summed E-state index contributed by atoms with van der Waals surface area (Å²) in [5.41, 5.74) is -0.0902.